The van der Waals surface area contributed by atoms with Gasteiger partial charge in [-0.15, -0.1) is 11.3 Å². The molecule has 2 aromatic carbocycles. The fraction of sp³-hybridized carbons (Fsp3) is 0.406. The molecule has 0 spiro atoms. The van der Waals surface area contributed by atoms with Crippen LogP contribution in [0.2, 0.25) is 0 Å². The molecule has 9 heteroatoms. The Bertz CT molecular complexity index is 1310. The monoisotopic (exact) mass is 574 g/mol. The zero-order valence-corrected chi connectivity index (χ0v) is 24.2. The maximum Gasteiger partial charge on any atom is 0.264 e. The fourth-order valence-corrected chi connectivity index (χ4v) is 6.54. The summed E-state index contributed by atoms with van der Waals surface area (Å²) in [6.07, 6.45) is 4.46. The lowest BCUT2D eigenvalue weighted by molar-refractivity contribution is -0.125. The van der Waals surface area contributed by atoms with E-state index in [0.717, 1.165) is 31.2 Å². The maximum atomic E-state index is 14.0. The van der Waals surface area contributed by atoms with Crippen molar-refractivity contribution in [3.8, 4) is 5.75 Å². The molecule has 2 aliphatic rings. The molecule has 8 nitrogen and oxygen atoms in total. The highest BCUT2D eigenvalue weighted by Gasteiger charge is 2.44. The van der Waals surface area contributed by atoms with Crippen molar-refractivity contribution in [1.29, 1.82) is 0 Å². The molecule has 3 N–H and O–H groups in total. The van der Waals surface area contributed by atoms with E-state index in [0.29, 0.717) is 42.1 Å². The highest BCUT2D eigenvalue weighted by molar-refractivity contribution is 7.12. The summed E-state index contributed by atoms with van der Waals surface area (Å²) in [4.78, 5) is 45.4. The van der Waals surface area contributed by atoms with E-state index >= 15 is 0 Å². The first-order chi connectivity index (χ1) is 19.9. The van der Waals surface area contributed by atoms with Crippen molar-refractivity contribution in [3.05, 3.63) is 88.1 Å². The summed E-state index contributed by atoms with van der Waals surface area (Å²) < 4.78 is 5.28. The molecule has 0 radical (unpaired) electrons. The van der Waals surface area contributed by atoms with E-state index in [2.05, 4.69) is 5.32 Å². The van der Waals surface area contributed by atoms with Crippen molar-refractivity contribution in [1.82, 2.24) is 15.1 Å². The average molecular weight is 575 g/mol. The molecule has 2 heterocycles. The third kappa shape index (κ3) is 6.97. The van der Waals surface area contributed by atoms with Crippen LogP contribution in [0.1, 0.15) is 57.7 Å². The van der Waals surface area contributed by atoms with Gasteiger partial charge in [-0.05, 0) is 79.8 Å². The van der Waals surface area contributed by atoms with E-state index in [1.165, 1.54) is 11.3 Å². The van der Waals surface area contributed by atoms with Crippen molar-refractivity contribution in [2.75, 3.05) is 20.2 Å². The van der Waals surface area contributed by atoms with Crippen LogP contribution in [0.3, 0.4) is 0 Å². The number of methoxy groups -OCH3 is 1. The third-order valence-corrected chi connectivity index (χ3v) is 9.07. The molecule has 3 aromatic rings. The number of rotatable bonds is 9. The molecular weight excluding hydrogens is 536 g/mol. The van der Waals surface area contributed by atoms with Gasteiger partial charge in [-0.3, -0.25) is 14.4 Å². The minimum absolute atomic E-state index is 0.0511. The molecule has 1 aromatic heterocycles. The van der Waals surface area contributed by atoms with Crippen LogP contribution in [0.5, 0.6) is 5.75 Å². The van der Waals surface area contributed by atoms with Crippen molar-refractivity contribution in [2.24, 2.45) is 5.73 Å². The fourth-order valence-electron chi connectivity index (χ4n) is 5.86. The van der Waals surface area contributed by atoms with Crippen LogP contribution in [-0.2, 0) is 11.2 Å². The van der Waals surface area contributed by atoms with E-state index in [1.54, 1.807) is 42.3 Å². The standard InChI is InChI=1S/C32H38N4O4S/c1-40-27-15-9-23(10-16-27)31(38)35(18-17-22-6-3-2-4-7-22)26-20-28(30(37)34-25-13-11-24(33)12-14-25)36(21-26)32(39)29-8-5-19-41-29/h2-10,15-16,19,24-26,28H,11-14,17-18,20-21,33H2,1H3,(H,34,37). The van der Waals surface area contributed by atoms with Gasteiger partial charge in [0.1, 0.15) is 11.8 Å². The molecular formula is C32H38N4O4S. The van der Waals surface area contributed by atoms with Gasteiger partial charge in [0.15, 0.2) is 0 Å². The minimum atomic E-state index is -0.659. The van der Waals surface area contributed by atoms with Gasteiger partial charge in [-0.1, -0.05) is 36.4 Å². The van der Waals surface area contributed by atoms with Crippen LogP contribution in [0.4, 0.5) is 0 Å². The summed E-state index contributed by atoms with van der Waals surface area (Å²) in [5, 5.41) is 5.06. The maximum absolute atomic E-state index is 14.0. The second kappa shape index (κ2) is 13.3. The molecule has 2 unspecified atom stereocenters. The van der Waals surface area contributed by atoms with E-state index < -0.39 is 6.04 Å². The van der Waals surface area contributed by atoms with Crippen LogP contribution < -0.4 is 15.8 Å². The Kier molecular flexibility index (Phi) is 9.36. The lowest BCUT2D eigenvalue weighted by Gasteiger charge is -2.29. The Morgan fingerprint density at radius 2 is 1.73 bits per heavy atom. The second-order valence-electron chi connectivity index (χ2n) is 10.9. The molecule has 5 rings (SSSR count). The van der Waals surface area contributed by atoms with E-state index in [4.69, 9.17) is 10.5 Å². The van der Waals surface area contributed by atoms with E-state index in [9.17, 15) is 14.4 Å². The number of amides is 3. The molecule has 3 amide bonds. The predicted molar refractivity (Wildman–Crippen MR) is 160 cm³/mol. The Morgan fingerprint density at radius 3 is 2.39 bits per heavy atom. The van der Waals surface area contributed by atoms with Crippen LogP contribution >= 0.6 is 11.3 Å². The van der Waals surface area contributed by atoms with Gasteiger partial charge in [0.25, 0.3) is 11.8 Å². The number of carbonyl (C=O) groups is 3. The minimum Gasteiger partial charge on any atom is -0.497 e. The summed E-state index contributed by atoms with van der Waals surface area (Å²) >= 11 is 1.36. The van der Waals surface area contributed by atoms with Gasteiger partial charge in [0, 0.05) is 30.7 Å². The number of ether oxygens (including phenoxy) is 1. The molecule has 2 fully saturated rings. The lowest BCUT2D eigenvalue weighted by Crippen LogP contribution is -2.50. The average Bonchev–Trinajstić information content (AvgIpc) is 3.70. The van der Waals surface area contributed by atoms with Crippen molar-refractivity contribution < 1.29 is 19.1 Å². The summed E-state index contributed by atoms with van der Waals surface area (Å²) in [6.45, 7) is 0.760. The largest absolute Gasteiger partial charge is 0.497 e. The zero-order chi connectivity index (χ0) is 28.8. The topological polar surface area (TPSA) is 105 Å². The molecule has 216 valence electrons. The van der Waals surface area contributed by atoms with Gasteiger partial charge >= 0.3 is 0 Å². The highest BCUT2D eigenvalue weighted by Crippen LogP contribution is 2.28. The summed E-state index contributed by atoms with van der Waals surface area (Å²) in [7, 11) is 1.59. The lowest BCUT2D eigenvalue weighted by atomic mass is 9.91. The number of nitrogens with zero attached hydrogens (tertiary/aromatic N) is 2. The SMILES string of the molecule is COc1ccc(C(=O)N(CCc2ccccc2)C2CC(C(=O)NC3CCC(N)CC3)N(C(=O)c3cccs3)C2)cc1. The van der Waals surface area contributed by atoms with Crippen LogP contribution in [0.15, 0.2) is 72.1 Å². The zero-order valence-electron chi connectivity index (χ0n) is 23.4. The quantitative estimate of drug-likeness (QED) is 0.400. The van der Waals surface area contributed by atoms with Crippen molar-refractivity contribution in [3.63, 3.8) is 0 Å². The van der Waals surface area contributed by atoms with Crippen LogP contribution in [0.25, 0.3) is 0 Å². The molecule has 1 aliphatic carbocycles. The molecule has 1 saturated heterocycles. The number of likely N-dealkylation sites (tertiary alicyclic amines) is 1. The van der Waals surface area contributed by atoms with Gasteiger partial charge in [0.2, 0.25) is 5.91 Å². The number of hydrogen-bond donors (Lipinski definition) is 2. The Hall–Kier alpha value is -3.69. The number of carbonyl (C=O) groups excluding carboxylic acids is 3. The van der Waals surface area contributed by atoms with E-state index in [1.807, 2.05) is 46.7 Å². The molecule has 41 heavy (non-hydrogen) atoms. The van der Waals surface area contributed by atoms with Gasteiger partial charge in [-0.25, -0.2) is 0 Å². The Labute approximate surface area is 245 Å². The second-order valence-corrected chi connectivity index (χ2v) is 11.9. The van der Waals surface area contributed by atoms with Crippen LogP contribution in [0, 0.1) is 0 Å². The summed E-state index contributed by atoms with van der Waals surface area (Å²) in [5.74, 6) is 0.219. The first-order valence-electron chi connectivity index (χ1n) is 14.3. The highest BCUT2D eigenvalue weighted by atomic mass is 32.1. The molecule has 2 atom stereocenters. The van der Waals surface area contributed by atoms with Crippen molar-refractivity contribution >= 4 is 29.1 Å². The normalized spacial score (nSPS) is 22.2. The first kappa shape index (κ1) is 28.8. The number of thiophene rings is 1. The third-order valence-electron chi connectivity index (χ3n) is 8.22. The number of nitrogens with one attached hydrogen (secondary N) is 1. The molecule has 0 bridgehead atoms. The van der Waals surface area contributed by atoms with Crippen LogP contribution in [-0.4, -0.2) is 71.9 Å². The first-order valence-corrected chi connectivity index (χ1v) is 15.2. The summed E-state index contributed by atoms with van der Waals surface area (Å²) in [5.41, 5.74) is 7.73. The molecule has 1 aliphatic heterocycles. The van der Waals surface area contributed by atoms with Crippen molar-refractivity contribution in [2.45, 2.75) is 62.7 Å². The number of benzene rings is 2. The smallest absolute Gasteiger partial charge is 0.264 e. The van der Waals surface area contributed by atoms with Gasteiger partial charge in [-0.2, -0.15) is 0 Å². The Morgan fingerprint density at radius 1 is 1.00 bits per heavy atom. The predicted octanol–water partition coefficient (Wildman–Crippen LogP) is 4.11. The summed E-state index contributed by atoms with van der Waals surface area (Å²) in [6, 6.07) is 20.0. The van der Waals surface area contributed by atoms with Gasteiger partial charge in [0.05, 0.1) is 18.0 Å². The molecule has 1 saturated carbocycles. The Balaban J connectivity index is 1.40. The number of hydrogen-bond acceptors (Lipinski definition) is 6. The number of nitrogens with two attached hydrogens (primary N) is 1. The van der Waals surface area contributed by atoms with E-state index in [-0.39, 0.29) is 35.8 Å². The van der Waals surface area contributed by atoms with Gasteiger partial charge < -0.3 is 25.6 Å².